The van der Waals surface area contributed by atoms with Crippen molar-refractivity contribution in [1.29, 1.82) is 0 Å². The molecule has 18 heavy (non-hydrogen) atoms. The van der Waals surface area contributed by atoms with Gasteiger partial charge in [0.15, 0.2) is 0 Å². The zero-order valence-electron chi connectivity index (χ0n) is 10.2. The van der Waals surface area contributed by atoms with Crippen molar-refractivity contribution in [3.63, 3.8) is 0 Å². The molecule has 0 aliphatic carbocycles. The van der Waals surface area contributed by atoms with Crippen molar-refractivity contribution in [3.8, 4) is 0 Å². The quantitative estimate of drug-likeness (QED) is 0.851. The van der Waals surface area contributed by atoms with E-state index in [0.29, 0.717) is 23.9 Å². The van der Waals surface area contributed by atoms with E-state index in [-0.39, 0.29) is 5.82 Å². The van der Waals surface area contributed by atoms with Gasteiger partial charge in [-0.25, -0.2) is 9.37 Å². The first kappa shape index (κ1) is 12.3. The standard InChI is InChI=1S/C13H15FN4/c1-2-15-13-16-8-7-12(18-13)17-9-10-5-3-4-6-11(10)14/h3-8H,2,9H2,1H3,(H2,15,16,17,18). The molecule has 5 heteroatoms. The monoisotopic (exact) mass is 246 g/mol. The highest BCUT2D eigenvalue weighted by atomic mass is 19.1. The summed E-state index contributed by atoms with van der Waals surface area (Å²) in [6.07, 6.45) is 1.66. The molecule has 0 amide bonds. The highest BCUT2D eigenvalue weighted by Crippen LogP contribution is 2.10. The molecule has 0 saturated heterocycles. The van der Waals surface area contributed by atoms with Gasteiger partial charge in [0.1, 0.15) is 11.6 Å². The molecule has 0 aliphatic heterocycles. The van der Waals surface area contributed by atoms with Crippen molar-refractivity contribution in [2.45, 2.75) is 13.5 Å². The van der Waals surface area contributed by atoms with E-state index in [4.69, 9.17) is 0 Å². The molecule has 0 spiro atoms. The zero-order chi connectivity index (χ0) is 12.8. The van der Waals surface area contributed by atoms with E-state index in [9.17, 15) is 4.39 Å². The van der Waals surface area contributed by atoms with Crippen LogP contribution in [0.25, 0.3) is 0 Å². The molecule has 2 rings (SSSR count). The van der Waals surface area contributed by atoms with Gasteiger partial charge in [0, 0.05) is 24.8 Å². The first-order valence-corrected chi connectivity index (χ1v) is 5.84. The zero-order valence-corrected chi connectivity index (χ0v) is 10.2. The number of rotatable bonds is 5. The number of aromatic nitrogens is 2. The molecule has 0 atom stereocenters. The third-order valence-corrected chi connectivity index (χ3v) is 2.41. The van der Waals surface area contributed by atoms with Crippen LogP contribution in [0.5, 0.6) is 0 Å². The minimum Gasteiger partial charge on any atom is -0.366 e. The lowest BCUT2D eigenvalue weighted by Gasteiger charge is -2.08. The van der Waals surface area contributed by atoms with Crippen LogP contribution in [0.15, 0.2) is 36.5 Å². The molecule has 4 nitrogen and oxygen atoms in total. The SMILES string of the molecule is CCNc1nccc(NCc2ccccc2F)n1. The topological polar surface area (TPSA) is 49.8 Å². The van der Waals surface area contributed by atoms with Gasteiger partial charge in [-0.2, -0.15) is 4.98 Å². The molecule has 0 radical (unpaired) electrons. The molecule has 2 aromatic rings. The third kappa shape index (κ3) is 3.16. The second kappa shape index (κ2) is 5.95. The minimum atomic E-state index is -0.217. The van der Waals surface area contributed by atoms with Crippen molar-refractivity contribution in [2.75, 3.05) is 17.2 Å². The molecule has 1 aromatic carbocycles. The molecular formula is C13H15FN4. The maximum absolute atomic E-state index is 13.4. The smallest absolute Gasteiger partial charge is 0.224 e. The van der Waals surface area contributed by atoms with Crippen molar-refractivity contribution >= 4 is 11.8 Å². The van der Waals surface area contributed by atoms with Crippen LogP contribution in [0.3, 0.4) is 0 Å². The Morgan fingerprint density at radius 2 is 2.00 bits per heavy atom. The molecule has 0 unspecified atom stereocenters. The lowest BCUT2D eigenvalue weighted by atomic mass is 10.2. The fraction of sp³-hybridized carbons (Fsp3) is 0.231. The first-order valence-electron chi connectivity index (χ1n) is 5.84. The number of benzene rings is 1. The normalized spacial score (nSPS) is 10.1. The number of halogens is 1. The summed E-state index contributed by atoms with van der Waals surface area (Å²) in [5.74, 6) is 1.02. The molecule has 0 bridgehead atoms. The van der Waals surface area contributed by atoms with Gasteiger partial charge in [-0.15, -0.1) is 0 Å². The Labute approximate surface area is 105 Å². The van der Waals surface area contributed by atoms with E-state index in [1.54, 1.807) is 24.4 Å². The molecule has 0 aliphatic rings. The van der Waals surface area contributed by atoms with Crippen molar-refractivity contribution < 1.29 is 4.39 Å². The predicted octanol–water partition coefficient (Wildman–Crippen LogP) is 2.66. The number of anilines is 2. The van der Waals surface area contributed by atoms with Gasteiger partial charge in [-0.3, -0.25) is 0 Å². The summed E-state index contributed by atoms with van der Waals surface area (Å²) in [4.78, 5) is 8.32. The van der Waals surface area contributed by atoms with Gasteiger partial charge in [-0.1, -0.05) is 18.2 Å². The van der Waals surface area contributed by atoms with Crippen LogP contribution in [0, 0.1) is 5.82 Å². The maximum Gasteiger partial charge on any atom is 0.224 e. The molecule has 94 valence electrons. The Hall–Kier alpha value is -2.17. The summed E-state index contributed by atoms with van der Waals surface area (Å²) in [5.41, 5.74) is 0.612. The molecule has 1 aromatic heterocycles. The lowest BCUT2D eigenvalue weighted by molar-refractivity contribution is 0.613. The summed E-state index contributed by atoms with van der Waals surface area (Å²) in [6, 6.07) is 8.43. The van der Waals surface area contributed by atoms with Crippen LogP contribution in [-0.4, -0.2) is 16.5 Å². The van der Waals surface area contributed by atoms with E-state index in [2.05, 4.69) is 20.6 Å². The fourth-order valence-corrected chi connectivity index (χ4v) is 1.53. The highest BCUT2D eigenvalue weighted by Gasteiger charge is 2.01. The number of hydrogen-bond acceptors (Lipinski definition) is 4. The Kier molecular flexibility index (Phi) is 4.06. The van der Waals surface area contributed by atoms with Gasteiger partial charge in [0.25, 0.3) is 0 Å². The number of nitrogens with zero attached hydrogens (tertiary/aromatic N) is 2. The van der Waals surface area contributed by atoms with E-state index in [1.165, 1.54) is 6.07 Å². The predicted molar refractivity (Wildman–Crippen MR) is 69.9 cm³/mol. The average Bonchev–Trinajstić information content (AvgIpc) is 2.39. The Bertz CT molecular complexity index is 516. The van der Waals surface area contributed by atoms with E-state index >= 15 is 0 Å². The summed E-state index contributed by atoms with van der Waals surface area (Å²) < 4.78 is 13.4. The summed E-state index contributed by atoms with van der Waals surface area (Å²) in [5, 5.41) is 6.09. The van der Waals surface area contributed by atoms with Crippen LogP contribution in [0.1, 0.15) is 12.5 Å². The number of hydrogen-bond donors (Lipinski definition) is 2. The van der Waals surface area contributed by atoms with Gasteiger partial charge in [-0.05, 0) is 19.1 Å². The van der Waals surface area contributed by atoms with Gasteiger partial charge < -0.3 is 10.6 Å². The second-order valence-corrected chi connectivity index (χ2v) is 3.74. The minimum absolute atomic E-state index is 0.217. The molecule has 1 heterocycles. The molecule has 2 N–H and O–H groups in total. The highest BCUT2D eigenvalue weighted by molar-refractivity contribution is 5.40. The second-order valence-electron chi connectivity index (χ2n) is 3.74. The van der Waals surface area contributed by atoms with Crippen molar-refractivity contribution in [3.05, 3.63) is 47.9 Å². The summed E-state index contributed by atoms with van der Waals surface area (Å²) >= 11 is 0. The number of nitrogens with one attached hydrogen (secondary N) is 2. The van der Waals surface area contributed by atoms with Crippen LogP contribution in [0.2, 0.25) is 0 Å². The van der Waals surface area contributed by atoms with E-state index in [1.807, 2.05) is 13.0 Å². The Morgan fingerprint density at radius 1 is 1.17 bits per heavy atom. The fourth-order valence-electron chi connectivity index (χ4n) is 1.53. The largest absolute Gasteiger partial charge is 0.366 e. The van der Waals surface area contributed by atoms with Crippen LogP contribution < -0.4 is 10.6 Å². The van der Waals surface area contributed by atoms with E-state index < -0.39 is 0 Å². The maximum atomic E-state index is 13.4. The van der Waals surface area contributed by atoms with Crippen LogP contribution in [-0.2, 0) is 6.54 Å². The van der Waals surface area contributed by atoms with Crippen LogP contribution in [0.4, 0.5) is 16.2 Å². The summed E-state index contributed by atoms with van der Waals surface area (Å²) in [6.45, 7) is 3.13. The summed E-state index contributed by atoms with van der Waals surface area (Å²) in [7, 11) is 0. The molecule has 0 saturated carbocycles. The third-order valence-electron chi connectivity index (χ3n) is 2.41. The van der Waals surface area contributed by atoms with Gasteiger partial charge >= 0.3 is 0 Å². The van der Waals surface area contributed by atoms with Gasteiger partial charge in [0.2, 0.25) is 5.95 Å². The lowest BCUT2D eigenvalue weighted by Crippen LogP contribution is -2.06. The average molecular weight is 246 g/mol. The van der Waals surface area contributed by atoms with Gasteiger partial charge in [0.05, 0.1) is 0 Å². The van der Waals surface area contributed by atoms with Crippen LogP contribution >= 0.6 is 0 Å². The molecular weight excluding hydrogens is 231 g/mol. The Balaban J connectivity index is 2.02. The van der Waals surface area contributed by atoms with Crippen molar-refractivity contribution in [2.24, 2.45) is 0 Å². The first-order chi connectivity index (χ1) is 8.79. The Morgan fingerprint density at radius 3 is 2.78 bits per heavy atom. The van der Waals surface area contributed by atoms with E-state index in [0.717, 1.165) is 6.54 Å². The van der Waals surface area contributed by atoms with Crippen molar-refractivity contribution in [1.82, 2.24) is 9.97 Å². The molecule has 0 fully saturated rings.